The van der Waals surface area contributed by atoms with Crippen LogP contribution in [-0.4, -0.2) is 50.5 Å². The maximum atomic E-state index is 11.3. The highest BCUT2D eigenvalue weighted by molar-refractivity contribution is 7.99. The van der Waals surface area contributed by atoms with E-state index in [4.69, 9.17) is 21.4 Å². The first-order chi connectivity index (χ1) is 11.9. The molecule has 1 aliphatic rings. The second-order valence-corrected chi connectivity index (χ2v) is 6.63. The normalized spacial score (nSPS) is 19.1. The molecule has 9 nitrogen and oxygen atoms in total. The number of nitrogens with one attached hydrogen (secondary N) is 1. The molecule has 2 N–H and O–H groups in total. The first-order valence-corrected chi connectivity index (χ1v) is 8.90. The van der Waals surface area contributed by atoms with Gasteiger partial charge in [0.2, 0.25) is 11.0 Å². The summed E-state index contributed by atoms with van der Waals surface area (Å²) >= 11 is 7.31. The predicted molar refractivity (Wildman–Crippen MR) is 93.3 cm³/mol. The number of ether oxygens (including phenoxy) is 1. The second-order valence-electron chi connectivity index (χ2n) is 5.21. The number of carboxylic acids is 1. The van der Waals surface area contributed by atoms with Crippen LogP contribution >= 0.6 is 23.4 Å². The lowest BCUT2D eigenvalue weighted by Crippen LogP contribution is -2.22. The van der Waals surface area contributed by atoms with Crippen LogP contribution in [0.1, 0.15) is 19.8 Å². The van der Waals surface area contributed by atoms with E-state index >= 15 is 0 Å². The fourth-order valence-electron chi connectivity index (χ4n) is 2.18. The number of rotatable bonds is 9. The van der Waals surface area contributed by atoms with Gasteiger partial charge in [-0.3, -0.25) is 10.1 Å². The molecule has 1 aromatic rings. The van der Waals surface area contributed by atoms with E-state index < -0.39 is 17.5 Å². The molecular formula is C14H17ClN4O5S. The zero-order valence-corrected chi connectivity index (χ0v) is 14.9. The van der Waals surface area contributed by atoms with Gasteiger partial charge in [0.1, 0.15) is 6.61 Å². The molecule has 0 aromatic carbocycles. The smallest absolute Gasteiger partial charge is 0.348 e. The van der Waals surface area contributed by atoms with Crippen LogP contribution in [0.2, 0.25) is 5.15 Å². The quantitative estimate of drug-likeness (QED) is 0.164. The number of aliphatic carboxylic acids is 1. The van der Waals surface area contributed by atoms with Crippen LogP contribution in [0.4, 0.5) is 11.5 Å². The Balaban J connectivity index is 2.12. The van der Waals surface area contributed by atoms with Crippen LogP contribution < -0.4 is 5.32 Å². The van der Waals surface area contributed by atoms with E-state index in [1.807, 2.05) is 6.92 Å². The average Bonchev–Trinajstić information content (AvgIpc) is 2.97. The summed E-state index contributed by atoms with van der Waals surface area (Å²) in [5.41, 5.74) is -0.384. The molecule has 1 aromatic heterocycles. The van der Waals surface area contributed by atoms with E-state index in [0.717, 1.165) is 12.2 Å². The van der Waals surface area contributed by atoms with E-state index in [1.165, 1.54) is 11.8 Å². The average molecular weight is 389 g/mol. The Morgan fingerprint density at radius 2 is 2.32 bits per heavy atom. The third-order valence-corrected chi connectivity index (χ3v) is 4.54. The van der Waals surface area contributed by atoms with Gasteiger partial charge in [-0.05, 0) is 6.42 Å². The number of aromatic nitrogens is 2. The van der Waals surface area contributed by atoms with Gasteiger partial charge < -0.3 is 15.2 Å². The summed E-state index contributed by atoms with van der Waals surface area (Å²) in [6.07, 6.45) is 4.43. The van der Waals surface area contributed by atoms with Crippen molar-refractivity contribution in [3.8, 4) is 0 Å². The lowest BCUT2D eigenvalue weighted by atomic mass is 10.2. The predicted octanol–water partition coefficient (Wildman–Crippen LogP) is 2.75. The van der Waals surface area contributed by atoms with E-state index in [0.29, 0.717) is 11.6 Å². The summed E-state index contributed by atoms with van der Waals surface area (Å²) < 4.78 is 5.19. The zero-order chi connectivity index (χ0) is 18.4. The third kappa shape index (κ3) is 5.55. The van der Waals surface area contributed by atoms with Crippen LogP contribution in [-0.2, 0) is 9.53 Å². The van der Waals surface area contributed by atoms with Gasteiger partial charge in [0.05, 0.1) is 11.0 Å². The van der Waals surface area contributed by atoms with E-state index in [-0.39, 0.29) is 28.8 Å². The first kappa shape index (κ1) is 19.4. The summed E-state index contributed by atoms with van der Waals surface area (Å²) in [6.45, 7) is 1.60. The van der Waals surface area contributed by atoms with Crippen molar-refractivity contribution in [3.05, 3.63) is 27.4 Å². The number of anilines is 1. The van der Waals surface area contributed by atoms with Crippen LogP contribution in [0.3, 0.4) is 0 Å². The fourth-order valence-corrected chi connectivity index (χ4v) is 3.17. The molecule has 0 aliphatic heterocycles. The number of hydrogen-bond acceptors (Lipinski definition) is 8. The highest BCUT2D eigenvalue weighted by Gasteiger charge is 2.27. The standard InChI is InChI=1S/C14H17ClN4O5S/c1-2-5-25-14-17-12(15)11(19(22)23)13(18-14)16-8-3-4-9(6-8)24-7-10(20)21/h3-4,8-9H,2,5-7H2,1H3,(H,20,21)(H,16,17,18)/t8-,9-/m1/s1. The highest BCUT2D eigenvalue weighted by Crippen LogP contribution is 2.33. The van der Waals surface area contributed by atoms with Crippen molar-refractivity contribution >= 4 is 40.8 Å². The molecule has 2 atom stereocenters. The SMILES string of the molecule is CCCSc1nc(Cl)c([N+](=O)[O-])c(N[C@@H]2C=C[C@@H](OCC(=O)O)C2)n1. The molecule has 136 valence electrons. The van der Waals surface area contributed by atoms with Crippen LogP contribution in [0, 0.1) is 10.1 Å². The van der Waals surface area contributed by atoms with Gasteiger partial charge in [0.25, 0.3) is 0 Å². The van der Waals surface area contributed by atoms with Crippen LogP contribution in [0.15, 0.2) is 17.3 Å². The minimum atomic E-state index is -1.05. The highest BCUT2D eigenvalue weighted by atomic mass is 35.5. The summed E-state index contributed by atoms with van der Waals surface area (Å²) in [5.74, 6) is -0.250. The monoisotopic (exact) mass is 388 g/mol. The number of hydrogen-bond donors (Lipinski definition) is 2. The third-order valence-electron chi connectivity index (χ3n) is 3.23. The second kappa shape index (κ2) is 8.97. The van der Waals surface area contributed by atoms with Crippen LogP contribution in [0.25, 0.3) is 0 Å². The molecule has 1 heterocycles. The Morgan fingerprint density at radius 1 is 1.56 bits per heavy atom. The van der Waals surface area contributed by atoms with Crippen LogP contribution in [0.5, 0.6) is 0 Å². The van der Waals surface area contributed by atoms with Gasteiger partial charge in [-0.15, -0.1) is 0 Å². The Hall–Kier alpha value is -1.91. The maximum absolute atomic E-state index is 11.3. The summed E-state index contributed by atoms with van der Waals surface area (Å²) in [7, 11) is 0. The van der Waals surface area contributed by atoms with E-state index in [2.05, 4.69) is 15.3 Å². The van der Waals surface area contributed by atoms with E-state index in [1.54, 1.807) is 12.2 Å². The van der Waals surface area contributed by atoms with Crippen molar-refractivity contribution in [2.24, 2.45) is 0 Å². The zero-order valence-electron chi connectivity index (χ0n) is 13.3. The van der Waals surface area contributed by atoms with Crippen molar-refractivity contribution in [1.82, 2.24) is 9.97 Å². The van der Waals surface area contributed by atoms with Crippen molar-refractivity contribution < 1.29 is 19.6 Å². The summed E-state index contributed by atoms with van der Waals surface area (Å²) in [6, 6.07) is -0.285. The molecule has 0 saturated heterocycles. The van der Waals surface area contributed by atoms with Gasteiger partial charge >= 0.3 is 11.7 Å². The lowest BCUT2D eigenvalue weighted by Gasteiger charge is -2.15. The molecule has 1 aliphatic carbocycles. The Morgan fingerprint density at radius 3 is 2.96 bits per heavy atom. The minimum absolute atomic E-state index is 0.0390. The maximum Gasteiger partial charge on any atom is 0.348 e. The Bertz CT molecular complexity index is 687. The fraction of sp³-hybridized carbons (Fsp3) is 0.500. The molecule has 0 amide bonds. The molecular weight excluding hydrogens is 372 g/mol. The Kier molecular flexibility index (Phi) is 6.97. The van der Waals surface area contributed by atoms with Crippen molar-refractivity contribution in [2.75, 3.05) is 17.7 Å². The van der Waals surface area contributed by atoms with Gasteiger partial charge in [0, 0.05) is 18.2 Å². The molecule has 0 saturated carbocycles. The van der Waals surface area contributed by atoms with Gasteiger partial charge in [0.15, 0.2) is 5.16 Å². The molecule has 0 fully saturated rings. The van der Waals surface area contributed by atoms with E-state index in [9.17, 15) is 14.9 Å². The number of nitrogens with zero attached hydrogens (tertiary/aromatic N) is 3. The molecule has 2 rings (SSSR count). The largest absolute Gasteiger partial charge is 0.480 e. The number of nitro groups is 1. The minimum Gasteiger partial charge on any atom is -0.480 e. The molecule has 0 bridgehead atoms. The Labute approximate surface area is 153 Å². The number of thioether (sulfide) groups is 1. The van der Waals surface area contributed by atoms with Crippen molar-refractivity contribution in [3.63, 3.8) is 0 Å². The number of carbonyl (C=O) groups is 1. The number of carboxylic acid groups (broad SMARTS) is 1. The molecule has 11 heteroatoms. The van der Waals surface area contributed by atoms with Gasteiger partial charge in [-0.25, -0.2) is 9.78 Å². The topological polar surface area (TPSA) is 127 Å². The molecule has 25 heavy (non-hydrogen) atoms. The lowest BCUT2D eigenvalue weighted by molar-refractivity contribution is -0.384. The summed E-state index contributed by atoms with van der Waals surface area (Å²) in [4.78, 5) is 29.3. The summed E-state index contributed by atoms with van der Waals surface area (Å²) in [5, 5.41) is 23.0. The van der Waals surface area contributed by atoms with Crippen molar-refractivity contribution in [2.45, 2.75) is 37.1 Å². The van der Waals surface area contributed by atoms with Gasteiger partial charge in [-0.1, -0.05) is 42.4 Å². The molecule has 0 radical (unpaired) electrons. The molecule has 0 spiro atoms. The number of halogens is 1. The first-order valence-electron chi connectivity index (χ1n) is 7.53. The molecule has 0 unspecified atom stereocenters. The van der Waals surface area contributed by atoms with Gasteiger partial charge in [-0.2, -0.15) is 4.98 Å². The van der Waals surface area contributed by atoms with Crippen molar-refractivity contribution in [1.29, 1.82) is 0 Å².